The Morgan fingerprint density at radius 2 is 2.45 bits per heavy atom. The molecule has 0 bridgehead atoms. The highest BCUT2D eigenvalue weighted by Gasteiger charge is 2.16. The largest absolute Gasteiger partial charge is 0.480 e. The zero-order valence-corrected chi connectivity index (χ0v) is 5.51. The van der Waals surface area contributed by atoms with Crippen LogP contribution >= 0.6 is 0 Å². The van der Waals surface area contributed by atoms with E-state index in [0.29, 0.717) is 4.85 Å². The molecule has 0 saturated heterocycles. The Kier molecular flexibility index (Phi) is 1.77. The Morgan fingerprint density at radius 1 is 1.82 bits per heavy atom. The van der Waals surface area contributed by atoms with Crippen LogP contribution in [0.2, 0.25) is 0 Å². The van der Waals surface area contributed by atoms with Crippen LogP contribution in [0.25, 0.3) is 0 Å². The normalized spacial score (nSPS) is 12.8. The molecule has 0 unspecified atom stereocenters. The fourth-order valence-electron chi connectivity index (χ4n) is 0.620. The molecule has 0 aromatic carbocycles. The predicted octanol–water partition coefficient (Wildman–Crippen LogP) is -0.795. The molecule has 0 aliphatic heterocycles. The molecule has 1 rings (SSSR count). The number of carboxylic acid groups (broad SMARTS) is 1. The van der Waals surface area contributed by atoms with E-state index in [0.717, 1.165) is 0 Å². The van der Waals surface area contributed by atoms with Crippen LogP contribution in [0.3, 0.4) is 0 Å². The molecular weight excluding hydrogens is 150 g/mol. The van der Waals surface area contributed by atoms with Crippen molar-refractivity contribution < 1.29 is 15.1 Å². The minimum atomic E-state index is -1.18. The molecule has 1 aromatic heterocycles. The van der Waals surface area contributed by atoms with Crippen molar-refractivity contribution in [1.82, 2.24) is 9.94 Å². The molecule has 0 spiro atoms. The van der Waals surface area contributed by atoms with E-state index in [1.54, 1.807) is 0 Å². The maximum absolute atomic E-state index is 10.3. The second-order valence-electron chi connectivity index (χ2n) is 1.98. The number of hydrogen-bond acceptors (Lipinski definition) is 4. The van der Waals surface area contributed by atoms with Crippen LogP contribution < -0.4 is 5.73 Å². The van der Waals surface area contributed by atoms with Gasteiger partial charge in [-0.2, -0.15) is 0 Å². The number of carboxylic acids is 1. The highest BCUT2D eigenvalue weighted by Crippen LogP contribution is 2.05. The van der Waals surface area contributed by atoms with Gasteiger partial charge in [0.25, 0.3) is 0 Å². The van der Waals surface area contributed by atoms with Gasteiger partial charge in [-0.15, -0.1) is 9.94 Å². The smallest absolute Gasteiger partial charge is 0.326 e. The van der Waals surface area contributed by atoms with Crippen LogP contribution in [0.5, 0.6) is 0 Å². The Morgan fingerprint density at radius 3 is 2.82 bits per heavy atom. The highest BCUT2D eigenvalue weighted by atomic mass is 16.5. The van der Waals surface area contributed by atoms with Crippen molar-refractivity contribution in [3.05, 3.63) is 18.0 Å². The van der Waals surface area contributed by atoms with Crippen molar-refractivity contribution in [2.75, 3.05) is 0 Å². The summed E-state index contributed by atoms with van der Waals surface area (Å²) in [5.74, 6) is -1.18. The van der Waals surface area contributed by atoms with Crippen LogP contribution in [-0.2, 0) is 4.79 Å². The van der Waals surface area contributed by atoms with Crippen LogP contribution in [0.15, 0.2) is 12.3 Å². The summed E-state index contributed by atoms with van der Waals surface area (Å²) in [4.78, 5) is 10.8. The van der Waals surface area contributed by atoms with Crippen molar-refractivity contribution >= 4 is 5.97 Å². The lowest BCUT2D eigenvalue weighted by Crippen LogP contribution is -2.21. The maximum atomic E-state index is 10.3. The molecule has 11 heavy (non-hydrogen) atoms. The second kappa shape index (κ2) is 2.59. The molecule has 0 aliphatic carbocycles. The Bertz CT molecular complexity index is 270. The number of rotatable bonds is 2. The summed E-state index contributed by atoms with van der Waals surface area (Å²) in [5.41, 5.74) is 5.29. The van der Waals surface area contributed by atoms with E-state index >= 15 is 0 Å². The first-order valence-corrected chi connectivity index (χ1v) is 2.84. The zero-order chi connectivity index (χ0) is 8.43. The SMILES string of the molecule is N[C@H](C(=O)O)c1ccn(O)n1. The average Bonchev–Trinajstić information content (AvgIpc) is 2.34. The maximum Gasteiger partial charge on any atom is 0.326 e. The van der Waals surface area contributed by atoms with Crippen molar-refractivity contribution in [2.24, 2.45) is 5.73 Å². The number of aromatic nitrogens is 2. The molecule has 0 saturated carbocycles. The van der Waals surface area contributed by atoms with Gasteiger partial charge >= 0.3 is 5.97 Å². The first kappa shape index (κ1) is 7.55. The minimum absolute atomic E-state index is 0.125. The van der Waals surface area contributed by atoms with Crippen molar-refractivity contribution in [1.29, 1.82) is 0 Å². The summed E-state index contributed by atoms with van der Waals surface area (Å²) < 4.78 is 0. The van der Waals surface area contributed by atoms with Gasteiger partial charge in [-0.05, 0) is 6.07 Å². The van der Waals surface area contributed by atoms with Gasteiger partial charge in [0.1, 0.15) is 6.04 Å². The van der Waals surface area contributed by atoms with Gasteiger partial charge in [-0.25, -0.2) is 0 Å². The van der Waals surface area contributed by atoms with Crippen molar-refractivity contribution in [2.45, 2.75) is 6.04 Å². The third kappa shape index (κ3) is 1.47. The molecule has 4 N–H and O–H groups in total. The van der Waals surface area contributed by atoms with Crippen LogP contribution in [0, 0.1) is 0 Å². The monoisotopic (exact) mass is 157 g/mol. The molecule has 6 heteroatoms. The molecule has 0 radical (unpaired) electrons. The third-order valence-corrected chi connectivity index (χ3v) is 1.18. The van der Waals surface area contributed by atoms with Gasteiger partial charge in [0.05, 0.1) is 11.9 Å². The summed E-state index contributed by atoms with van der Waals surface area (Å²) in [5, 5.41) is 20.4. The number of aliphatic carboxylic acids is 1. The van der Waals surface area contributed by atoms with Gasteiger partial charge in [0, 0.05) is 0 Å². The van der Waals surface area contributed by atoms with E-state index in [-0.39, 0.29) is 5.69 Å². The summed E-state index contributed by atoms with van der Waals surface area (Å²) in [6, 6.07) is 0.155. The van der Waals surface area contributed by atoms with E-state index in [1.807, 2.05) is 0 Å². The van der Waals surface area contributed by atoms with Gasteiger partial charge in [-0.3, -0.25) is 4.79 Å². The van der Waals surface area contributed by atoms with Gasteiger partial charge in [0.15, 0.2) is 0 Å². The van der Waals surface area contributed by atoms with E-state index in [9.17, 15) is 4.79 Å². The van der Waals surface area contributed by atoms with Crippen molar-refractivity contribution in [3.8, 4) is 0 Å². The second-order valence-corrected chi connectivity index (χ2v) is 1.98. The lowest BCUT2D eigenvalue weighted by molar-refractivity contribution is -0.138. The fraction of sp³-hybridized carbons (Fsp3) is 0.200. The summed E-state index contributed by atoms with van der Waals surface area (Å²) in [6.45, 7) is 0. The molecular formula is C5H7N3O3. The molecule has 1 atom stereocenters. The fourth-order valence-corrected chi connectivity index (χ4v) is 0.620. The zero-order valence-electron chi connectivity index (χ0n) is 5.51. The van der Waals surface area contributed by atoms with Gasteiger partial charge in [0.2, 0.25) is 0 Å². The molecule has 0 fully saturated rings. The van der Waals surface area contributed by atoms with Crippen LogP contribution in [0.1, 0.15) is 11.7 Å². The third-order valence-electron chi connectivity index (χ3n) is 1.18. The lowest BCUT2D eigenvalue weighted by atomic mass is 10.2. The summed E-state index contributed by atoms with van der Waals surface area (Å²) in [7, 11) is 0. The van der Waals surface area contributed by atoms with Gasteiger partial charge in [-0.1, -0.05) is 0 Å². The minimum Gasteiger partial charge on any atom is -0.480 e. The highest BCUT2D eigenvalue weighted by molar-refractivity contribution is 5.74. The molecule has 6 nitrogen and oxygen atoms in total. The molecule has 60 valence electrons. The van der Waals surface area contributed by atoms with E-state index in [1.165, 1.54) is 12.3 Å². The number of hydrogen-bond donors (Lipinski definition) is 3. The number of nitrogens with two attached hydrogens (primary N) is 1. The van der Waals surface area contributed by atoms with Gasteiger partial charge < -0.3 is 16.0 Å². The quantitative estimate of drug-likeness (QED) is 0.488. The lowest BCUT2D eigenvalue weighted by Gasteiger charge is -1.99. The molecule has 1 heterocycles. The summed E-state index contributed by atoms with van der Waals surface area (Å²) >= 11 is 0. The first-order valence-electron chi connectivity index (χ1n) is 2.84. The first-order chi connectivity index (χ1) is 5.11. The molecule has 0 aliphatic rings. The number of nitrogens with zero attached hydrogens (tertiary/aromatic N) is 2. The van der Waals surface area contributed by atoms with E-state index < -0.39 is 12.0 Å². The van der Waals surface area contributed by atoms with Crippen molar-refractivity contribution in [3.63, 3.8) is 0 Å². The molecule has 0 amide bonds. The van der Waals surface area contributed by atoms with Crippen LogP contribution in [0.4, 0.5) is 0 Å². The Labute approximate surface area is 61.8 Å². The number of carbonyl (C=O) groups is 1. The topological polar surface area (TPSA) is 101 Å². The van der Waals surface area contributed by atoms with E-state index in [2.05, 4.69) is 5.10 Å². The summed E-state index contributed by atoms with van der Waals surface area (Å²) in [6.07, 6.45) is 1.21. The standard InChI is InChI=1S/C5H7N3O3/c6-4(5(9)10)3-1-2-8(11)7-3/h1-2,4,11H,6H2,(H,9,10)/t4-/m0/s1. The molecule has 1 aromatic rings. The Balaban J connectivity index is 2.84. The Hall–Kier alpha value is -1.56. The predicted molar refractivity (Wildman–Crippen MR) is 34.0 cm³/mol. The average molecular weight is 157 g/mol. The van der Waals surface area contributed by atoms with E-state index in [4.69, 9.17) is 16.0 Å². The van der Waals surface area contributed by atoms with Crippen LogP contribution in [-0.4, -0.2) is 26.2 Å².